The monoisotopic (exact) mass is 465 g/mol. The molecule has 2 aromatic carbocycles. The maximum Gasteiger partial charge on any atom is 0.296 e. The van der Waals surface area contributed by atoms with Crippen LogP contribution in [0.3, 0.4) is 0 Å². The molecule has 1 aromatic heterocycles. The summed E-state index contributed by atoms with van der Waals surface area (Å²) >= 11 is 3.47. The summed E-state index contributed by atoms with van der Waals surface area (Å²) in [6.45, 7) is 4.76. The molecule has 0 aliphatic rings. The van der Waals surface area contributed by atoms with Crippen molar-refractivity contribution in [1.82, 2.24) is 9.55 Å². The summed E-state index contributed by atoms with van der Waals surface area (Å²) in [5.74, 6) is 0.585. The van der Waals surface area contributed by atoms with E-state index in [0.29, 0.717) is 12.5 Å². The summed E-state index contributed by atoms with van der Waals surface area (Å²) in [6.07, 6.45) is 1.66. The standard InChI is InChI=1S/C20H24BrN3O3S/c1-14-5-8-17(9-6-14)28(25,26)27-13-15(2)4-3-11-24-19-12-16(21)7-10-18(19)23-20(24)22/h5-10,12,15H,3-4,11,13H2,1-2H3,(H2,22,23)/t15-/m0/s1. The Balaban J connectivity index is 1.54. The Labute approximate surface area is 174 Å². The highest BCUT2D eigenvalue weighted by molar-refractivity contribution is 9.10. The van der Waals surface area contributed by atoms with Crippen LogP contribution in [0.25, 0.3) is 11.0 Å². The van der Waals surface area contributed by atoms with Gasteiger partial charge in [-0.05, 0) is 56.0 Å². The molecule has 0 saturated carbocycles. The van der Waals surface area contributed by atoms with Crippen LogP contribution in [0.1, 0.15) is 25.3 Å². The van der Waals surface area contributed by atoms with Crippen molar-refractivity contribution in [1.29, 1.82) is 0 Å². The number of nitrogen functional groups attached to an aromatic ring is 1. The van der Waals surface area contributed by atoms with Crippen molar-refractivity contribution < 1.29 is 12.6 Å². The Bertz CT molecular complexity index is 1060. The number of halogens is 1. The first-order valence-electron chi connectivity index (χ1n) is 9.13. The second-order valence-electron chi connectivity index (χ2n) is 7.05. The number of nitrogens with two attached hydrogens (primary N) is 1. The first kappa shape index (κ1) is 20.8. The second kappa shape index (κ2) is 8.63. The smallest absolute Gasteiger partial charge is 0.296 e. The van der Waals surface area contributed by atoms with E-state index in [-0.39, 0.29) is 17.4 Å². The van der Waals surface area contributed by atoms with E-state index in [1.165, 1.54) is 0 Å². The molecular formula is C20H24BrN3O3S. The highest BCUT2D eigenvalue weighted by Crippen LogP contribution is 2.23. The van der Waals surface area contributed by atoms with E-state index in [9.17, 15) is 8.42 Å². The first-order chi connectivity index (χ1) is 13.3. The summed E-state index contributed by atoms with van der Waals surface area (Å²) in [6, 6.07) is 12.5. The zero-order valence-corrected chi connectivity index (χ0v) is 18.3. The van der Waals surface area contributed by atoms with Crippen molar-refractivity contribution in [3.63, 3.8) is 0 Å². The number of rotatable bonds is 8. The number of fused-ring (bicyclic) bond motifs is 1. The quantitative estimate of drug-likeness (QED) is 0.494. The molecular weight excluding hydrogens is 442 g/mol. The lowest BCUT2D eigenvalue weighted by Gasteiger charge is -2.13. The van der Waals surface area contributed by atoms with E-state index in [1.54, 1.807) is 24.3 Å². The zero-order chi connectivity index (χ0) is 20.3. The molecule has 0 radical (unpaired) electrons. The van der Waals surface area contributed by atoms with Gasteiger partial charge in [0, 0.05) is 11.0 Å². The van der Waals surface area contributed by atoms with Crippen molar-refractivity contribution in [3.8, 4) is 0 Å². The molecule has 0 spiro atoms. The molecule has 0 bridgehead atoms. The van der Waals surface area contributed by atoms with Gasteiger partial charge in [-0.2, -0.15) is 8.42 Å². The topological polar surface area (TPSA) is 87.2 Å². The predicted octanol–water partition coefficient (Wildman–Crippen LogP) is 4.51. The molecule has 8 heteroatoms. The third kappa shape index (κ3) is 4.92. The van der Waals surface area contributed by atoms with E-state index in [2.05, 4.69) is 20.9 Å². The summed E-state index contributed by atoms with van der Waals surface area (Å²) in [4.78, 5) is 4.56. The number of nitrogens with zero attached hydrogens (tertiary/aromatic N) is 2. The van der Waals surface area contributed by atoms with Crippen LogP contribution in [-0.4, -0.2) is 24.6 Å². The van der Waals surface area contributed by atoms with E-state index in [0.717, 1.165) is 33.9 Å². The molecule has 0 amide bonds. The highest BCUT2D eigenvalue weighted by atomic mass is 79.9. The minimum absolute atomic E-state index is 0.1000. The molecule has 6 nitrogen and oxygen atoms in total. The number of aryl methyl sites for hydroxylation is 2. The molecule has 0 aliphatic heterocycles. The second-order valence-corrected chi connectivity index (χ2v) is 9.58. The summed E-state index contributed by atoms with van der Waals surface area (Å²) < 4.78 is 32.7. The van der Waals surface area contributed by atoms with Gasteiger partial charge in [0.25, 0.3) is 10.1 Å². The van der Waals surface area contributed by atoms with Gasteiger partial charge in [-0.25, -0.2) is 4.98 Å². The van der Waals surface area contributed by atoms with Gasteiger partial charge in [0.05, 0.1) is 22.5 Å². The minimum Gasteiger partial charge on any atom is -0.369 e. The molecule has 0 fully saturated rings. The molecule has 0 unspecified atom stereocenters. The Morgan fingerprint density at radius 3 is 2.64 bits per heavy atom. The van der Waals surface area contributed by atoms with E-state index in [4.69, 9.17) is 9.92 Å². The van der Waals surface area contributed by atoms with Crippen LogP contribution < -0.4 is 5.73 Å². The largest absolute Gasteiger partial charge is 0.369 e. The number of benzene rings is 2. The first-order valence-corrected chi connectivity index (χ1v) is 11.3. The molecule has 150 valence electrons. The maximum absolute atomic E-state index is 12.3. The Kier molecular flexibility index (Phi) is 6.42. The molecule has 0 saturated heterocycles. The SMILES string of the molecule is Cc1ccc(S(=O)(=O)OC[C@@H](C)CCCn2c(N)nc3ccc(Br)cc32)cc1. The van der Waals surface area contributed by atoms with Gasteiger partial charge in [0.2, 0.25) is 5.95 Å². The Morgan fingerprint density at radius 2 is 1.93 bits per heavy atom. The number of anilines is 1. The fourth-order valence-electron chi connectivity index (χ4n) is 3.01. The maximum atomic E-state index is 12.3. The number of hydrogen-bond donors (Lipinski definition) is 1. The minimum atomic E-state index is -3.72. The fraction of sp³-hybridized carbons (Fsp3) is 0.350. The molecule has 1 heterocycles. The average molecular weight is 466 g/mol. The van der Waals surface area contributed by atoms with Crippen molar-refractivity contribution in [2.45, 2.75) is 38.1 Å². The van der Waals surface area contributed by atoms with E-state index in [1.807, 2.05) is 36.6 Å². The third-order valence-corrected chi connectivity index (χ3v) is 6.42. The lowest BCUT2D eigenvalue weighted by molar-refractivity contribution is 0.253. The van der Waals surface area contributed by atoms with Crippen LogP contribution in [0.15, 0.2) is 51.8 Å². The van der Waals surface area contributed by atoms with Gasteiger partial charge in [-0.15, -0.1) is 0 Å². The summed E-state index contributed by atoms with van der Waals surface area (Å²) in [5.41, 5.74) is 8.90. The highest BCUT2D eigenvalue weighted by Gasteiger charge is 2.17. The van der Waals surface area contributed by atoms with Gasteiger partial charge in [-0.1, -0.05) is 40.5 Å². The molecule has 0 aliphatic carbocycles. The van der Waals surface area contributed by atoms with Crippen LogP contribution in [0.4, 0.5) is 5.95 Å². The van der Waals surface area contributed by atoms with Gasteiger partial charge in [-0.3, -0.25) is 4.18 Å². The fourth-order valence-corrected chi connectivity index (χ4v) is 4.38. The van der Waals surface area contributed by atoms with E-state index >= 15 is 0 Å². The normalized spacial score (nSPS) is 13.1. The predicted molar refractivity (Wildman–Crippen MR) is 115 cm³/mol. The van der Waals surface area contributed by atoms with E-state index < -0.39 is 10.1 Å². The van der Waals surface area contributed by atoms with Crippen molar-refractivity contribution in [2.75, 3.05) is 12.3 Å². The molecule has 3 rings (SSSR count). The van der Waals surface area contributed by atoms with Crippen LogP contribution in [0, 0.1) is 12.8 Å². The summed E-state index contributed by atoms with van der Waals surface area (Å²) in [7, 11) is -3.72. The number of aromatic nitrogens is 2. The molecule has 3 aromatic rings. The average Bonchev–Trinajstić information content (AvgIpc) is 2.95. The molecule has 28 heavy (non-hydrogen) atoms. The Morgan fingerprint density at radius 1 is 1.21 bits per heavy atom. The van der Waals surface area contributed by atoms with Gasteiger partial charge < -0.3 is 10.3 Å². The molecule has 1 atom stereocenters. The lowest BCUT2D eigenvalue weighted by atomic mass is 10.1. The zero-order valence-electron chi connectivity index (χ0n) is 15.9. The van der Waals surface area contributed by atoms with Crippen LogP contribution in [0.2, 0.25) is 0 Å². The van der Waals surface area contributed by atoms with Crippen molar-refractivity contribution in [2.24, 2.45) is 5.92 Å². The number of hydrogen-bond acceptors (Lipinski definition) is 5. The lowest BCUT2D eigenvalue weighted by Crippen LogP contribution is -2.13. The van der Waals surface area contributed by atoms with Crippen molar-refractivity contribution in [3.05, 3.63) is 52.5 Å². The number of imidazole rings is 1. The Hall–Kier alpha value is -1.90. The van der Waals surface area contributed by atoms with Gasteiger partial charge in [0.15, 0.2) is 0 Å². The third-order valence-electron chi connectivity index (χ3n) is 4.64. The van der Waals surface area contributed by atoms with Gasteiger partial charge >= 0.3 is 0 Å². The molecule has 2 N–H and O–H groups in total. The summed E-state index contributed by atoms with van der Waals surface area (Å²) in [5, 5.41) is 0. The van der Waals surface area contributed by atoms with Gasteiger partial charge in [0.1, 0.15) is 0 Å². The van der Waals surface area contributed by atoms with Crippen LogP contribution in [0.5, 0.6) is 0 Å². The van der Waals surface area contributed by atoms with Crippen LogP contribution in [-0.2, 0) is 20.8 Å². The van der Waals surface area contributed by atoms with Crippen molar-refractivity contribution >= 4 is 43.0 Å². The van der Waals surface area contributed by atoms with Crippen LogP contribution >= 0.6 is 15.9 Å².